The van der Waals surface area contributed by atoms with Gasteiger partial charge in [-0.3, -0.25) is 14.7 Å². The Balaban J connectivity index is 1.34. The van der Waals surface area contributed by atoms with Gasteiger partial charge < -0.3 is 15.5 Å². The summed E-state index contributed by atoms with van der Waals surface area (Å²) in [6.45, 7) is 5.87. The molecule has 0 radical (unpaired) electrons. The number of amides is 1. The Kier molecular flexibility index (Phi) is 7.82. The average molecular weight is 426 g/mol. The standard InChI is InChI=1S/C20H29Cl2N5O/c1-23-20(25-14-16-5-6-17(21)13-18(16)22)24-7-8-26-9-11-27(12-10-26)19(28)15-3-2-4-15/h5-6,13,15H,2-4,7-12,14H2,1H3,(H2,23,24,25). The second-order valence-corrected chi connectivity index (χ2v) is 8.23. The molecule has 0 atom stereocenters. The lowest BCUT2D eigenvalue weighted by Crippen LogP contribution is -2.52. The van der Waals surface area contributed by atoms with Gasteiger partial charge in [0.05, 0.1) is 0 Å². The van der Waals surface area contributed by atoms with Crippen LogP contribution in [-0.4, -0.2) is 68.0 Å². The van der Waals surface area contributed by atoms with Crippen LogP contribution in [0.4, 0.5) is 0 Å². The topological polar surface area (TPSA) is 60.0 Å². The van der Waals surface area contributed by atoms with Gasteiger partial charge in [-0.05, 0) is 30.5 Å². The van der Waals surface area contributed by atoms with Crippen LogP contribution in [0, 0.1) is 5.92 Å². The summed E-state index contributed by atoms with van der Waals surface area (Å²) in [4.78, 5) is 21.0. The van der Waals surface area contributed by atoms with Gasteiger partial charge >= 0.3 is 0 Å². The van der Waals surface area contributed by atoms with E-state index < -0.39 is 0 Å². The van der Waals surface area contributed by atoms with Crippen LogP contribution in [0.2, 0.25) is 10.0 Å². The highest BCUT2D eigenvalue weighted by Crippen LogP contribution is 2.28. The van der Waals surface area contributed by atoms with E-state index in [1.165, 1.54) is 6.42 Å². The van der Waals surface area contributed by atoms with E-state index >= 15 is 0 Å². The van der Waals surface area contributed by atoms with E-state index in [4.69, 9.17) is 23.2 Å². The number of piperazine rings is 1. The zero-order chi connectivity index (χ0) is 19.9. The molecule has 28 heavy (non-hydrogen) atoms. The maximum atomic E-state index is 12.3. The van der Waals surface area contributed by atoms with Crippen LogP contribution >= 0.6 is 23.2 Å². The van der Waals surface area contributed by atoms with Gasteiger partial charge in [-0.2, -0.15) is 0 Å². The van der Waals surface area contributed by atoms with E-state index in [1.807, 2.05) is 17.0 Å². The Hall–Kier alpha value is -1.50. The number of nitrogens with one attached hydrogen (secondary N) is 2. The number of hydrogen-bond acceptors (Lipinski definition) is 3. The highest BCUT2D eigenvalue weighted by Gasteiger charge is 2.30. The minimum Gasteiger partial charge on any atom is -0.355 e. The Labute approximate surface area is 177 Å². The molecular weight excluding hydrogens is 397 g/mol. The maximum Gasteiger partial charge on any atom is 0.225 e. The van der Waals surface area contributed by atoms with Gasteiger partial charge in [-0.25, -0.2) is 0 Å². The van der Waals surface area contributed by atoms with Crippen LogP contribution in [-0.2, 0) is 11.3 Å². The molecule has 0 aromatic heterocycles. The third kappa shape index (κ3) is 5.75. The molecule has 1 amide bonds. The van der Waals surface area contributed by atoms with Gasteiger partial charge in [0.25, 0.3) is 0 Å². The molecule has 0 unspecified atom stereocenters. The molecule has 1 saturated heterocycles. The van der Waals surface area contributed by atoms with E-state index in [0.29, 0.717) is 28.4 Å². The molecule has 3 rings (SSSR count). The molecule has 1 aliphatic heterocycles. The van der Waals surface area contributed by atoms with E-state index in [2.05, 4.69) is 20.5 Å². The summed E-state index contributed by atoms with van der Waals surface area (Å²) < 4.78 is 0. The number of carbonyl (C=O) groups excluding carboxylic acids is 1. The summed E-state index contributed by atoms with van der Waals surface area (Å²) in [5.41, 5.74) is 0.973. The number of nitrogens with zero attached hydrogens (tertiary/aromatic N) is 3. The number of hydrogen-bond donors (Lipinski definition) is 2. The van der Waals surface area contributed by atoms with Crippen LogP contribution in [0.15, 0.2) is 23.2 Å². The molecule has 1 aromatic rings. The third-order valence-corrected chi connectivity index (χ3v) is 6.13. The van der Waals surface area contributed by atoms with Gasteiger partial charge in [0.15, 0.2) is 5.96 Å². The van der Waals surface area contributed by atoms with Crippen molar-refractivity contribution < 1.29 is 4.79 Å². The Morgan fingerprint density at radius 2 is 1.93 bits per heavy atom. The average Bonchev–Trinajstić information content (AvgIpc) is 2.64. The van der Waals surface area contributed by atoms with Crippen LogP contribution in [0.3, 0.4) is 0 Å². The van der Waals surface area contributed by atoms with E-state index in [-0.39, 0.29) is 0 Å². The largest absolute Gasteiger partial charge is 0.355 e. The monoisotopic (exact) mass is 425 g/mol. The van der Waals surface area contributed by atoms with Crippen LogP contribution in [0.1, 0.15) is 24.8 Å². The predicted molar refractivity (Wildman–Crippen MR) is 115 cm³/mol. The summed E-state index contributed by atoms with van der Waals surface area (Å²) in [5, 5.41) is 7.88. The van der Waals surface area contributed by atoms with Crippen molar-refractivity contribution in [3.05, 3.63) is 33.8 Å². The number of benzene rings is 1. The van der Waals surface area contributed by atoms with Crippen molar-refractivity contribution in [1.29, 1.82) is 0 Å². The third-order valence-electron chi connectivity index (χ3n) is 5.54. The SMILES string of the molecule is CN=C(NCCN1CCN(C(=O)C2CCC2)CC1)NCc1ccc(Cl)cc1Cl. The van der Waals surface area contributed by atoms with E-state index in [0.717, 1.165) is 63.6 Å². The normalized spacial score (nSPS) is 18.7. The summed E-state index contributed by atoms with van der Waals surface area (Å²) in [6, 6.07) is 5.48. The lowest BCUT2D eigenvalue weighted by Gasteiger charge is -2.38. The minimum atomic E-state index is 0.303. The Bertz CT molecular complexity index is 700. The molecule has 1 heterocycles. The lowest BCUT2D eigenvalue weighted by atomic mass is 9.84. The summed E-state index contributed by atoms with van der Waals surface area (Å²) in [6.07, 6.45) is 3.37. The molecule has 6 nitrogen and oxygen atoms in total. The molecule has 1 saturated carbocycles. The minimum absolute atomic E-state index is 0.303. The first-order chi connectivity index (χ1) is 13.6. The first-order valence-electron chi connectivity index (χ1n) is 9.96. The molecule has 0 bridgehead atoms. The van der Waals surface area contributed by atoms with E-state index in [9.17, 15) is 4.79 Å². The van der Waals surface area contributed by atoms with Gasteiger partial charge in [0, 0.05) is 68.8 Å². The van der Waals surface area contributed by atoms with Crippen molar-refractivity contribution in [3.63, 3.8) is 0 Å². The van der Waals surface area contributed by atoms with E-state index in [1.54, 1.807) is 13.1 Å². The summed E-state index contributed by atoms with van der Waals surface area (Å²) >= 11 is 12.1. The van der Waals surface area contributed by atoms with Crippen LogP contribution < -0.4 is 10.6 Å². The van der Waals surface area contributed by atoms with Gasteiger partial charge in [-0.15, -0.1) is 0 Å². The van der Waals surface area contributed by atoms with Crippen molar-refractivity contribution in [2.45, 2.75) is 25.8 Å². The molecule has 2 fully saturated rings. The quantitative estimate of drug-likeness (QED) is 0.543. The number of guanidine groups is 1. The molecule has 1 aliphatic carbocycles. The first kappa shape index (κ1) is 21.2. The zero-order valence-corrected chi connectivity index (χ0v) is 17.9. The predicted octanol–water partition coefficient (Wildman–Crippen LogP) is 2.60. The van der Waals surface area contributed by atoms with Crippen molar-refractivity contribution in [3.8, 4) is 0 Å². The van der Waals surface area contributed by atoms with Gasteiger partial charge in [0.2, 0.25) is 5.91 Å². The van der Waals surface area contributed by atoms with Gasteiger partial charge in [-0.1, -0.05) is 35.7 Å². The molecule has 0 spiro atoms. The maximum absolute atomic E-state index is 12.3. The Morgan fingerprint density at radius 3 is 2.54 bits per heavy atom. The number of aliphatic imine (C=N–C) groups is 1. The Morgan fingerprint density at radius 1 is 1.18 bits per heavy atom. The smallest absolute Gasteiger partial charge is 0.225 e. The summed E-state index contributed by atoms with van der Waals surface area (Å²) in [7, 11) is 1.75. The first-order valence-corrected chi connectivity index (χ1v) is 10.7. The second kappa shape index (κ2) is 10.3. The fraction of sp³-hybridized carbons (Fsp3) is 0.600. The van der Waals surface area contributed by atoms with Gasteiger partial charge in [0.1, 0.15) is 0 Å². The van der Waals surface area contributed by atoms with Crippen LogP contribution in [0.25, 0.3) is 0 Å². The summed E-state index contributed by atoms with van der Waals surface area (Å²) in [5.74, 6) is 1.41. The molecule has 2 N–H and O–H groups in total. The van der Waals surface area contributed by atoms with Crippen molar-refractivity contribution >= 4 is 35.1 Å². The fourth-order valence-corrected chi connectivity index (χ4v) is 3.98. The number of rotatable bonds is 6. The second-order valence-electron chi connectivity index (χ2n) is 7.38. The highest BCUT2D eigenvalue weighted by atomic mass is 35.5. The molecule has 154 valence electrons. The van der Waals surface area contributed by atoms with Crippen molar-refractivity contribution in [2.75, 3.05) is 46.3 Å². The molecule has 2 aliphatic rings. The molecule has 8 heteroatoms. The number of carbonyl (C=O) groups is 1. The highest BCUT2D eigenvalue weighted by molar-refractivity contribution is 6.35. The fourth-order valence-electron chi connectivity index (χ4n) is 3.50. The molecular formula is C20H29Cl2N5O. The number of halogens is 2. The van der Waals surface area contributed by atoms with Crippen molar-refractivity contribution in [2.24, 2.45) is 10.9 Å². The lowest BCUT2D eigenvalue weighted by molar-refractivity contribution is -0.139. The zero-order valence-electron chi connectivity index (χ0n) is 16.4. The van der Waals surface area contributed by atoms with Crippen molar-refractivity contribution in [1.82, 2.24) is 20.4 Å². The van der Waals surface area contributed by atoms with Crippen LogP contribution in [0.5, 0.6) is 0 Å². The molecule has 1 aromatic carbocycles.